The van der Waals surface area contributed by atoms with Crippen LogP contribution in [0.25, 0.3) is 0 Å². The summed E-state index contributed by atoms with van der Waals surface area (Å²) in [4.78, 5) is 2.44. The van der Waals surface area contributed by atoms with Crippen molar-refractivity contribution in [3.8, 4) is 0 Å². The molecule has 0 aliphatic heterocycles. The van der Waals surface area contributed by atoms with Gasteiger partial charge >= 0.3 is 0 Å². The highest BCUT2D eigenvalue weighted by Gasteiger charge is 2.34. The zero-order chi connectivity index (χ0) is 15.3. The molecule has 118 valence electrons. The fraction of sp³-hybridized carbons (Fsp3) is 0.667. The number of benzene rings is 1. The molecule has 0 amide bonds. The first-order valence-corrected chi connectivity index (χ1v) is 8.49. The van der Waals surface area contributed by atoms with Crippen molar-refractivity contribution in [3.63, 3.8) is 0 Å². The van der Waals surface area contributed by atoms with Crippen molar-refractivity contribution < 1.29 is 0 Å². The van der Waals surface area contributed by atoms with Crippen LogP contribution in [-0.2, 0) is 6.54 Å². The van der Waals surface area contributed by atoms with Gasteiger partial charge < -0.3 is 10.2 Å². The van der Waals surface area contributed by atoms with Crippen molar-refractivity contribution in [1.29, 1.82) is 0 Å². The zero-order valence-corrected chi connectivity index (χ0v) is 14.4. The summed E-state index contributed by atoms with van der Waals surface area (Å²) in [5.74, 6) is 0.892. The third kappa shape index (κ3) is 4.70. The van der Waals surface area contributed by atoms with E-state index < -0.39 is 0 Å². The Morgan fingerprint density at radius 1 is 1.29 bits per heavy atom. The molecule has 21 heavy (non-hydrogen) atoms. The topological polar surface area (TPSA) is 15.3 Å². The van der Waals surface area contributed by atoms with Gasteiger partial charge in [-0.1, -0.05) is 49.6 Å². The number of halogens is 1. The standard InChI is InChI=1S/C18H29ClN2/c1-15-8-10-18(11-9-15,13-20-2)14-21(3)12-16-6-4-5-7-17(16)19/h4-7,15,20H,8-14H2,1-3H3. The fourth-order valence-corrected chi connectivity index (χ4v) is 3.88. The third-order valence-corrected chi connectivity index (χ3v) is 5.26. The predicted molar refractivity (Wildman–Crippen MR) is 91.8 cm³/mol. The highest BCUT2D eigenvalue weighted by Crippen LogP contribution is 2.39. The molecule has 1 N–H and O–H groups in total. The van der Waals surface area contributed by atoms with Crippen LogP contribution in [-0.4, -0.2) is 32.1 Å². The van der Waals surface area contributed by atoms with Crippen LogP contribution in [0.4, 0.5) is 0 Å². The van der Waals surface area contributed by atoms with Gasteiger partial charge in [-0.2, -0.15) is 0 Å². The molecule has 2 rings (SSSR count). The summed E-state index contributed by atoms with van der Waals surface area (Å²) < 4.78 is 0. The van der Waals surface area contributed by atoms with Crippen LogP contribution < -0.4 is 5.32 Å². The van der Waals surface area contributed by atoms with E-state index in [1.807, 2.05) is 12.1 Å². The molecule has 0 saturated heterocycles. The second kappa shape index (κ2) is 7.62. The van der Waals surface area contributed by atoms with Gasteiger partial charge in [-0.3, -0.25) is 0 Å². The van der Waals surface area contributed by atoms with Crippen molar-refractivity contribution in [2.24, 2.45) is 11.3 Å². The number of hydrogen-bond acceptors (Lipinski definition) is 2. The summed E-state index contributed by atoms with van der Waals surface area (Å²) in [6.07, 6.45) is 5.40. The zero-order valence-electron chi connectivity index (χ0n) is 13.7. The predicted octanol–water partition coefficient (Wildman–Crippen LogP) is 4.19. The highest BCUT2D eigenvalue weighted by molar-refractivity contribution is 6.31. The lowest BCUT2D eigenvalue weighted by atomic mass is 9.70. The first kappa shape index (κ1) is 16.8. The van der Waals surface area contributed by atoms with Gasteiger partial charge in [0, 0.05) is 24.7 Å². The maximum Gasteiger partial charge on any atom is 0.0451 e. The number of nitrogens with one attached hydrogen (secondary N) is 1. The average Bonchev–Trinajstić information content (AvgIpc) is 2.45. The Balaban J connectivity index is 1.98. The van der Waals surface area contributed by atoms with Gasteiger partial charge in [-0.05, 0) is 49.9 Å². The average molecular weight is 309 g/mol. The van der Waals surface area contributed by atoms with Crippen LogP contribution >= 0.6 is 11.6 Å². The van der Waals surface area contributed by atoms with Crippen LogP contribution in [0, 0.1) is 11.3 Å². The molecule has 1 aromatic rings. The summed E-state index contributed by atoms with van der Waals surface area (Å²) >= 11 is 6.29. The molecular weight excluding hydrogens is 280 g/mol. The minimum Gasteiger partial charge on any atom is -0.319 e. The number of rotatable bonds is 6. The van der Waals surface area contributed by atoms with E-state index in [2.05, 4.69) is 43.4 Å². The van der Waals surface area contributed by atoms with Gasteiger partial charge in [0.05, 0.1) is 0 Å². The summed E-state index contributed by atoms with van der Waals surface area (Å²) in [7, 11) is 4.30. The molecule has 0 unspecified atom stereocenters. The Kier molecular flexibility index (Phi) is 6.09. The quantitative estimate of drug-likeness (QED) is 0.848. The molecule has 0 heterocycles. The molecule has 0 spiro atoms. The van der Waals surface area contributed by atoms with Gasteiger partial charge in [-0.15, -0.1) is 0 Å². The molecule has 1 aliphatic carbocycles. The number of hydrogen-bond donors (Lipinski definition) is 1. The van der Waals surface area contributed by atoms with Crippen molar-refractivity contribution in [2.75, 3.05) is 27.2 Å². The third-order valence-electron chi connectivity index (χ3n) is 4.89. The van der Waals surface area contributed by atoms with Crippen LogP contribution in [0.1, 0.15) is 38.2 Å². The van der Waals surface area contributed by atoms with E-state index in [1.165, 1.54) is 31.2 Å². The monoisotopic (exact) mass is 308 g/mol. The lowest BCUT2D eigenvalue weighted by molar-refractivity contribution is 0.0979. The highest BCUT2D eigenvalue weighted by atomic mass is 35.5. The molecule has 0 radical (unpaired) electrons. The lowest BCUT2D eigenvalue weighted by Gasteiger charge is -2.42. The molecule has 0 aromatic heterocycles. The fourth-order valence-electron chi connectivity index (χ4n) is 3.69. The lowest BCUT2D eigenvalue weighted by Crippen LogP contribution is -2.44. The largest absolute Gasteiger partial charge is 0.319 e. The van der Waals surface area contributed by atoms with Gasteiger partial charge in [-0.25, -0.2) is 0 Å². The minimum atomic E-state index is 0.428. The van der Waals surface area contributed by atoms with Crippen molar-refractivity contribution in [2.45, 2.75) is 39.2 Å². The first-order valence-electron chi connectivity index (χ1n) is 8.11. The van der Waals surface area contributed by atoms with Crippen molar-refractivity contribution >= 4 is 11.6 Å². The van der Waals surface area contributed by atoms with E-state index >= 15 is 0 Å². The number of nitrogens with zero attached hydrogens (tertiary/aromatic N) is 1. The minimum absolute atomic E-state index is 0.428. The van der Waals surface area contributed by atoms with E-state index in [4.69, 9.17) is 11.6 Å². The van der Waals surface area contributed by atoms with E-state index in [0.717, 1.165) is 30.6 Å². The van der Waals surface area contributed by atoms with Crippen molar-refractivity contribution in [1.82, 2.24) is 10.2 Å². The van der Waals surface area contributed by atoms with Crippen LogP contribution in [0.3, 0.4) is 0 Å². The van der Waals surface area contributed by atoms with Crippen LogP contribution in [0.15, 0.2) is 24.3 Å². The summed E-state index contributed by atoms with van der Waals surface area (Å²) in [5.41, 5.74) is 1.66. The molecule has 0 bridgehead atoms. The van der Waals surface area contributed by atoms with Crippen LogP contribution in [0.2, 0.25) is 5.02 Å². The summed E-state index contributed by atoms with van der Waals surface area (Å²) in [5, 5.41) is 4.30. The Hall–Kier alpha value is -0.570. The second-order valence-electron chi connectivity index (χ2n) is 6.98. The molecular formula is C18H29ClN2. The normalized spacial score (nSPS) is 26.2. The second-order valence-corrected chi connectivity index (χ2v) is 7.38. The molecule has 1 aromatic carbocycles. The molecule has 1 fully saturated rings. The van der Waals surface area contributed by atoms with E-state index in [0.29, 0.717) is 5.41 Å². The summed E-state index contributed by atoms with van der Waals surface area (Å²) in [6.45, 7) is 5.58. The van der Waals surface area contributed by atoms with Gasteiger partial charge in [0.2, 0.25) is 0 Å². The molecule has 2 nitrogen and oxygen atoms in total. The molecule has 3 heteroatoms. The maximum atomic E-state index is 6.29. The molecule has 1 saturated carbocycles. The van der Waals surface area contributed by atoms with E-state index in [-0.39, 0.29) is 0 Å². The van der Waals surface area contributed by atoms with Gasteiger partial charge in [0.1, 0.15) is 0 Å². The van der Waals surface area contributed by atoms with E-state index in [9.17, 15) is 0 Å². The van der Waals surface area contributed by atoms with Gasteiger partial charge in [0.25, 0.3) is 0 Å². The molecule has 1 aliphatic rings. The Morgan fingerprint density at radius 3 is 2.57 bits per heavy atom. The van der Waals surface area contributed by atoms with Gasteiger partial charge in [0.15, 0.2) is 0 Å². The van der Waals surface area contributed by atoms with E-state index in [1.54, 1.807) is 0 Å². The smallest absolute Gasteiger partial charge is 0.0451 e. The molecule has 0 atom stereocenters. The Bertz CT molecular complexity index is 439. The first-order chi connectivity index (χ1) is 10.0. The Morgan fingerprint density at radius 2 is 1.95 bits per heavy atom. The SMILES string of the molecule is CNCC1(CN(C)Cc2ccccc2Cl)CCC(C)CC1. The van der Waals surface area contributed by atoms with Crippen LogP contribution in [0.5, 0.6) is 0 Å². The maximum absolute atomic E-state index is 6.29. The Labute approximate surface area is 134 Å². The van der Waals surface area contributed by atoms with Crippen molar-refractivity contribution in [3.05, 3.63) is 34.9 Å². The summed E-state index contributed by atoms with van der Waals surface area (Å²) in [6, 6.07) is 8.18.